The molecule has 0 aliphatic rings. The van der Waals surface area contributed by atoms with Crippen molar-refractivity contribution in [2.24, 2.45) is 0 Å². The Morgan fingerprint density at radius 1 is 1.19 bits per heavy atom. The van der Waals surface area contributed by atoms with Gasteiger partial charge >= 0.3 is 0 Å². The highest BCUT2D eigenvalue weighted by molar-refractivity contribution is 6.34. The zero-order valence-electron chi connectivity index (χ0n) is 11.7. The third-order valence-electron chi connectivity index (χ3n) is 3.51. The van der Waals surface area contributed by atoms with Crippen molar-refractivity contribution in [3.63, 3.8) is 0 Å². The van der Waals surface area contributed by atoms with Crippen molar-refractivity contribution >= 4 is 34.1 Å². The molecule has 5 heteroatoms. The first-order valence-corrected chi connectivity index (χ1v) is 7.28. The summed E-state index contributed by atoms with van der Waals surface area (Å²) in [4.78, 5) is 4.32. The Kier molecular flexibility index (Phi) is 3.79. The number of aryl methyl sites for hydroxylation is 1. The van der Waals surface area contributed by atoms with Crippen molar-refractivity contribution in [3.05, 3.63) is 58.0 Å². The van der Waals surface area contributed by atoms with Crippen LogP contribution in [0.15, 0.2) is 36.5 Å². The lowest BCUT2D eigenvalue weighted by Gasteiger charge is -2.10. The van der Waals surface area contributed by atoms with Crippen LogP contribution < -0.4 is 4.74 Å². The number of hydrogen-bond donors (Lipinski definition) is 0. The summed E-state index contributed by atoms with van der Waals surface area (Å²) in [5, 5.41) is 2.26. The Morgan fingerprint density at radius 2 is 2.00 bits per heavy atom. The van der Waals surface area contributed by atoms with Crippen LogP contribution in [0, 0.1) is 6.92 Å². The maximum Gasteiger partial charge on any atom is 0.119 e. The van der Waals surface area contributed by atoms with Crippen LogP contribution in [0.2, 0.25) is 10.0 Å². The molecule has 0 bridgehead atoms. The summed E-state index contributed by atoms with van der Waals surface area (Å²) in [7, 11) is 1.67. The van der Waals surface area contributed by atoms with Crippen LogP contribution in [0.4, 0.5) is 0 Å². The van der Waals surface area contributed by atoms with Gasteiger partial charge in [-0.05, 0) is 37.3 Å². The first-order chi connectivity index (χ1) is 10.1. The Bertz CT molecular complexity index is 811. The minimum Gasteiger partial charge on any atom is -0.497 e. The van der Waals surface area contributed by atoms with Crippen molar-refractivity contribution in [1.82, 2.24) is 9.55 Å². The molecule has 21 heavy (non-hydrogen) atoms. The number of halogens is 2. The molecule has 0 N–H and O–H groups in total. The summed E-state index contributed by atoms with van der Waals surface area (Å²) in [6, 6.07) is 9.87. The number of benzene rings is 1. The predicted octanol–water partition coefficient (Wildman–Crippen LogP) is 4.71. The molecule has 0 fully saturated rings. The molecule has 2 aromatic heterocycles. The third-order valence-corrected chi connectivity index (χ3v) is 4.04. The van der Waals surface area contributed by atoms with E-state index in [0.717, 1.165) is 28.0 Å². The quantitative estimate of drug-likeness (QED) is 0.698. The first-order valence-electron chi connectivity index (χ1n) is 6.52. The monoisotopic (exact) mass is 320 g/mol. The second-order valence-corrected chi connectivity index (χ2v) is 5.72. The average Bonchev–Trinajstić information content (AvgIpc) is 2.77. The van der Waals surface area contributed by atoms with Gasteiger partial charge in [0.05, 0.1) is 29.4 Å². The number of rotatable bonds is 3. The molecule has 3 aromatic rings. The van der Waals surface area contributed by atoms with E-state index >= 15 is 0 Å². The van der Waals surface area contributed by atoms with Gasteiger partial charge in [-0.2, -0.15) is 0 Å². The van der Waals surface area contributed by atoms with Gasteiger partial charge in [-0.3, -0.25) is 4.98 Å². The Hall–Kier alpha value is -1.71. The van der Waals surface area contributed by atoms with Crippen LogP contribution in [-0.4, -0.2) is 16.7 Å². The van der Waals surface area contributed by atoms with Crippen LogP contribution in [0.1, 0.15) is 11.4 Å². The van der Waals surface area contributed by atoms with Crippen LogP contribution in [-0.2, 0) is 6.54 Å². The van der Waals surface area contributed by atoms with E-state index in [1.54, 1.807) is 19.4 Å². The zero-order chi connectivity index (χ0) is 15.0. The number of methoxy groups -OCH3 is 1. The molecule has 0 aliphatic heterocycles. The zero-order valence-corrected chi connectivity index (χ0v) is 13.2. The van der Waals surface area contributed by atoms with Crippen LogP contribution in [0.3, 0.4) is 0 Å². The van der Waals surface area contributed by atoms with E-state index in [-0.39, 0.29) is 0 Å². The minimum absolute atomic E-state index is 0.544. The molecule has 0 amide bonds. The number of aromatic nitrogens is 2. The molecule has 0 unspecified atom stereocenters. The molecule has 0 radical (unpaired) electrons. The molecule has 0 saturated heterocycles. The van der Waals surface area contributed by atoms with Gasteiger partial charge in [-0.25, -0.2) is 0 Å². The van der Waals surface area contributed by atoms with Gasteiger partial charge in [0.15, 0.2) is 0 Å². The molecule has 2 heterocycles. The Morgan fingerprint density at radius 3 is 2.71 bits per heavy atom. The highest BCUT2D eigenvalue weighted by Gasteiger charge is 2.10. The standard InChI is InChI=1S/C16H14Cl2N2O/c1-10-5-11-6-13(21-2)3-4-16(11)20(10)9-15-14(18)7-12(17)8-19-15/h3-8H,9H2,1-2H3. The van der Waals surface area contributed by atoms with Gasteiger partial charge in [0, 0.05) is 22.8 Å². The molecule has 3 nitrogen and oxygen atoms in total. The molecule has 0 atom stereocenters. The van der Waals surface area contributed by atoms with Gasteiger partial charge in [0.25, 0.3) is 0 Å². The predicted molar refractivity (Wildman–Crippen MR) is 86.6 cm³/mol. The third kappa shape index (κ3) is 2.71. The van der Waals surface area contributed by atoms with E-state index < -0.39 is 0 Å². The normalized spacial score (nSPS) is 11.0. The molecular weight excluding hydrogens is 307 g/mol. The number of nitrogens with zero attached hydrogens (tertiary/aromatic N) is 2. The SMILES string of the molecule is COc1ccc2c(c1)cc(C)n2Cc1ncc(Cl)cc1Cl. The fourth-order valence-electron chi connectivity index (χ4n) is 2.43. The van der Waals surface area contributed by atoms with E-state index in [1.807, 2.05) is 18.2 Å². The highest BCUT2D eigenvalue weighted by Crippen LogP contribution is 2.26. The topological polar surface area (TPSA) is 27.1 Å². The molecule has 0 spiro atoms. The largest absolute Gasteiger partial charge is 0.497 e. The number of hydrogen-bond acceptors (Lipinski definition) is 2. The van der Waals surface area contributed by atoms with E-state index in [4.69, 9.17) is 27.9 Å². The number of ether oxygens (including phenoxy) is 1. The minimum atomic E-state index is 0.544. The first kappa shape index (κ1) is 14.2. The lowest BCUT2D eigenvalue weighted by molar-refractivity contribution is 0.415. The summed E-state index contributed by atoms with van der Waals surface area (Å²) in [6.07, 6.45) is 1.62. The molecular formula is C16H14Cl2N2O. The smallest absolute Gasteiger partial charge is 0.119 e. The van der Waals surface area contributed by atoms with E-state index in [0.29, 0.717) is 16.6 Å². The van der Waals surface area contributed by atoms with Crippen molar-refractivity contribution in [3.8, 4) is 5.75 Å². The van der Waals surface area contributed by atoms with Gasteiger partial charge < -0.3 is 9.30 Å². The van der Waals surface area contributed by atoms with Crippen molar-refractivity contribution in [2.45, 2.75) is 13.5 Å². The molecule has 0 aliphatic carbocycles. The molecule has 0 saturated carbocycles. The second kappa shape index (κ2) is 5.58. The van der Waals surface area contributed by atoms with Crippen LogP contribution >= 0.6 is 23.2 Å². The van der Waals surface area contributed by atoms with Gasteiger partial charge in [0.1, 0.15) is 5.75 Å². The fourth-order valence-corrected chi connectivity index (χ4v) is 2.87. The lowest BCUT2D eigenvalue weighted by Crippen LogP contribution is -2.04. The maximum absolute atomic E-state index is 6.22. The molecule has 3 rings (SSSR count). The highest BCUT2D eigenvalue weighted by atomic mass is 35.5. The fraction of sp³-hybridized carbons (Fsp3) is 0.188. The van der Waals surface area contributed by atoms with Crippen molar-refractivity contribution in [1.29, 1.82) is 0 Å². The summed E-state index contributed by atoms with van der Waals surface area (Å²) in [5.74, 6) is 0.849. The van der Waals surface area contributed by atoms with E-state index in [2.05, 4.69) is 22.5 Å². The van der Waals surface area contributed by atoms with Crippen LogP contribution in [0.25, 0.3) is 10.9 Å². The average molecular weight is 321 g/mol. The van der Waals surface area contributed by atoms with Crippen molar-refractivity contribution < 1.29 is 4.74 Å². The lowest BCUT2D eigenvalue weighted by atomic mass is 10.2. The number of pyridine rings is 1. The number of fused-ring (bicyclic) bond motifs is 1. The molecule has 1 aromatic carbocycles. The van der Waals surface area contributed by atoms with Crippen LogP contribution in [0.5, 0.6) is 5.75 Å². The summed E-state index contributed by atoms with van der Waals surface area (Å²) in [5.41, 5.74) is 3.07. The molecule has 108 valence electrons. The van der Waals surface area contributed by atoms with E-state index in [9.17, 15) is 0 Å². The van der Waals surface area contributed by atoms with E-state index in [1.165, 1.54) is 0 Å². The van der Waals surface area contributed by atoms with Crippen molar-refractivity contribution in [2.75, 3.05) is 7.11 Å². The van der Waals surface area contributed by atoms with Gasteiger partial charge in [0.2, 0.25) is 0 Å². The Balaban J connectivity index is 2.06. The second-order valence-electron chi connectivity index (χ2n) is 4.88. The van der Waals surface area contributed by atoms with Gasteiger partial charge in [-0.1, -0.05) is 23.2 Å². The van der Waals surface area contributed by atoms with Gasteiger partial charge in [-0.15, -0.1) is 0 Å². The Labute approximate surface area is 133 Å². The summed E-state index contributed by atoms with van der Waals surface area (Å²) >= 11 is 12.1. The maximum atomic E-state index is 6.22. The summed E-state index contributed by atoms with van der Waals surface area (Å²) < 4.78 is 7.44. The summed E-state index contributed by atoms with van der Waals surface area (Å²) in [6.45, 7) is 2.67.